The smallest absolute Gasteiger partial charge is 0.333 e. The van der Waals surface area contributed by atoms with Crippen LogP contribution in [0, 0.1) is 11.8 Å². The van der Waals surface area contributed by atoms with Crippen molar-refractivity contribution >= 4 is 51.3 Å². The molecule has 4 atom stereocenters. The summed E-state index contributed by atoms with van der Waals surface area (Å²) in [5.74, 6) is -2.19. The molecule has 1 aromatic carbocycles. The number of imide groups is 1. The van der Waals surface area contributed by atoms with Gasteiger partial charge in [-0.3, -0.25) is 24.2 Å². The molecule has 3 aliphatic rings. The maximum Gasteiger partial charge on any atom is 0.333 e. The first kappa shape index (κ1) is 38.6. The van der Waals surface area contributed by atoms with Gasteiger partial charge in [-0.2, -0.15) is 4.72 Å². The van der Waals surface area contributed by atoms with Crippen molar-refractivity contribution in [3.05, 3.63) is 23.8 Å². The predicted octanol–water partition coefficient (Wildman–Crippen LogP) is 0.902. The molecule has 1 unspecified atom stereocenters. The number of fused-ring (bicyclic) bond motifs is 1. The fraction of sp³-hybridized carbons (Fsp3) is 0.636. The van der Waals surface area contributed by atoms with Crippen molar-refractivity contribution in [2.75, 3.05) is 31.5 Å². The number of guanidine groups is 1. The topological polar surface area (TPSA) is 236 Å². The van der Waals surface area contributed by atoms with Crippen molar-refractivity contribution in [3.8, 4) is 0 Å². The average molecular weight is 719 g/mol. The zero-order chi connectivity index (χ0) is 36.4. The third-order valence-corrected chi connectivity index (χ3v) is 10.7. The molecule has 2 fully saturated rings. The van der Waals surface area contributed by atoms with E-state index in [1.54, 1.807) is 6.07 Å². The largest absolute Gasteiger partial charge is 0.383 e. The Morgan fingerprint density at radius 2 is 1.80 bits per heavy atom. The normalized spacial score (nSPS) is 21.2. The number of benzene rings is 1. The van der Waals surface area contributed by atoms with Crippen molar-refractivity contribution in [2.24, 2.45) is 28.3 Å². The van der Waals surface area contributed by atoms with E-state index in [2.05, 4.69) is 27.3 Å². The van der Waals surface area contributed by atoms with Gasteiger partial charge >= 0.3 is 5.97 Å². The molecular formula is C33H50N8O8S. The Labute approximate surface area is 293 Å². The Morgan fingerprint density at radius 3 is 2.52 bits per heavy atom. The number of sulfonamides is 1. The van der Waals surface area contributed by atoms with Crippen molar-refractivity contribution in [1.82, 2.24) is 20.0 Å². The standard InChI is InChI=1S/C33H50N8O8S/c1-21-14-17-40(25(19-21)31(45)36-15-5-3-4-11-29(44)49-41-27(42)12-13-28(41)43)32(46)24(9-7-16-37-33(34)35)39-50(47,48)26-10-6-8-23-18-22(2)20-38-30(23)26/h6,8,10,21-22,24-25,38-39H,3-5,7,9,11-20H2,1-2H3,(H,36,45)(H4,34,35,37)/t21-,22?,24+,25-/m1/s1. The Morgan fingerprint density at radius 1 is 1.06 bits per heavy atom. The SMILES string of the molecule is CC1CNc2c(cccc2S(=O)(=O)N[C@@H](CCCN=C(N)N)C(=O)N2CC[C@@H](C)C[C@@H]2C(=O)NCCCCCC(=O)ON2C(=O)CCC2=O)C1. The van der Waals surface area contributed by atoms with E-state index >= 15 is 0 Å². The highest BCUT2D eigenvalue weighted by Gasteiger charge is 2.39. The summed E-state index contributed by atoms with van der Waals surface area (Å²) in [6.07, 6.45) is 3.82. The lowest BCUT2D eigenvalue weighted by atomic mass is 9.91. The molecule has 0 saturated carbocycles. The quantitative estimate of drug-likeness (QED) is 0.0697. The fourth-order valence-corrected chi connectivity index (χ4v) is 7.89. The highest BCUT2D eigenvalue weighted by atomic mass is 32.2. The molecule has 0 radical (unpaired) electrons. The van der Waals surface area contributed by atoms with Gasteiger partial charge in [-0.15, -0.1) is 5.06 Å². The summed E-state index contributed by atoms with van der Waals surface area (Å²) in [6, 6.07) is 3.14. The maximum absolute atomic E-state index is 14.2. The first-order chi connectivity index (χ1) is 23.8. The Hall–Kier alpha value is -4.25. The highest BCUT2D eigenvalue weighted by Crippen LogP contribution is 2.32. The summed E-state index contributed by atoms with van der Waals surface area (Å²) in [7, 11) is -4.16. The molecule has 0 bridgehead atoms. The summed E-state index contributed by atoms with van der Waals surface area (Å²) >= 11 is 0. The van der Waals surface area contributed by atoms with E-state index in [1.165, 1.54) is 11.0 Å². The van der Waals surface area contributed by atoms with Crippen LogP contribution in [0.5, 0.6) is 0 Å². The predicted molar refractivity (Wildman–Crippen MR) is 184 cm³/mol. The van der Waals surface area contributed by atoms with E-state index in [0.29, 0.717) is 68.3 Å². The number of nitrogens with zero attached hydrogens (tertiary/aromatic N) is 3. The Kier molecular flexibility index (Phi) is 13.6. The maximum atomic E-state index is 14.2. The van der Waals surface area contributed by atoms with Gasteiger partial charge in [-0.25, -0.2) is 13.2 Å². The zero-order valence-corrected chi connectivity index (χ0v) is 29.6. The second kappa shape index (κ2) is 17.6. The number of piperidine rings is 1. The second-order valence-corrected chi connectivity index (χ2v) is 15.1. The Bertz CT molecular complexity index is 1550. The second-order valence-electron chi connectivity index (χ2n) is 13.4. The molecule has 4 amide bonds. The van der Waals surface area contributed by atoms with Gasteiger partial charge in [0.15, 0.2) is 5.96 Å². The molecule has 17 heteroatoms. The number of para-hydroxylation sites is 1. The zero-order valence-electron chi connectivity index (χ0n) is 28.8. The van der Waals surface area contributed by atoms with Gasteiger partial charge in [0, 0.05) is 45.4 Å². The summed E-state index contributed by atoms with van der Waals surface area (Å²) in [6.45, 7) is 5.49. The summed E-state index contributed by atoms with van der Waals surface area (Å²) in [5, 5.41) is 6.65. The van der Waals surface area contributed by atoms with Crippen molar-refractivity contribution in [1.29, 1.82) is 0 Å². The molecule has 276 valence electrons. The lowest BCUT2D eigenvalue weighted by molar-refractivity contribution is -0.197. The van der Waals surface area contributed by atoms with E-state index < -0.39 is 45.8 Å². The van der Waals surface area contributed by atoms with Gasteiger partial charge in [-0.1, -0.05) is 32.4 Å². The van der Waals surface area contributed by atoms with Crippen LogP contribution in [0.4, 0.5) is 5.69 Å². The van der Waals surface area contributed by atoms with E-state index in [-0.39, 0.29) is 61.5 Å². The number of nitrogens with one attached hydrogen (secondary N) is 3. The third-order valence-electron chi connectivity index (χ3n) is 9.14. The van der Waals surface area contributed by atoms with Crippen LogP contribution in [0.25, 0.3) is 0 Å². The number of carbonyl (C=O) groups is 5. The van der Waals surface area contributed by atoms with Crippen molar-refractivity contribution in [3.63, 3.8) is 0 Å². The van der Waals surface area contributed by atoms with E-state index in [9.17, 15) is 32.4 Å². The van der Waals surface area contributed by atoms with E-state index in [0.717, 1.165) is 12.0 Å². The monoisotopic (exact) mass is 718 g/mol. The molecule has 16 nitrogen and oxygen atoms in total. The number of rotatable bonds is 16. The van der Waals surface area contributed by atoms with Gasteiger partial charge in [0.05, 0.1) is 5.69 Å². The van der Waals surface area contributed by atoms with Gasteiger partial charge in [0.1, 0.15) is 17.0 Å². The van der Waals surface area contributed by atoms with E-state index in [1.807, 2.05) is 13.0 Å². The third kappa shape index (κ3) is 10.4. The lowest BCUT2D eigenvalue weighted by Gasteiger charge is -2.39. The van der Waals surface area contributed by atoms with E-state index in [4.69, 9.17) is 16.3 Å². The van der Waals surface area contributed by atoms with Gasteiger partial charge in [-0.05, 0) is 68.4 Å². The number of hydroxylamine groups is 2. The van der Waals surface area contributed by atoms with Crippen molar-refractivity contribution < 1.29 is 37.2 Å². The number of aliphatic imine (C=N–C) groups is 1. The number of amides is 4. The molecular weight excluding hydrogens is 668 g/mol. The molecule has 3 aliphatic heterocycles. The van der Waals surface area contributed by atoms with Gasteiger partial charge in [0.25, 0.3) is 11.8 Å². The van der Waals surface area contributed by atoms with Crippen LogP contribution in [-0.4, -0.2) is 92.2 Å². The average Bonchev–Trinajstić information content (AvgIpc) is 3.38. The summed E-state index contributed by atoms with van der Waals surface area (Å²) in [4.78, 5) is 73.3. The minimum atomic E-state index is -4.16. The van der Waals surface area contributed by atoms with Crippen LogP contribution >= 0.6 is 0 Å². The van der Waals surface area contributed by atoms with Crippen molar-refractivity contribution in [2.45, 2.75) is 101 Å². The minimum Gasteiger partial charge on any atom is -0.383 e. The molecule has 50 heavy (non-hydrogen) atoms. The summed E-state index contributed by atoms with van der Waals surface area (Å²) < 4.78 is 30.3. The minimum absolute atomic E-state index is 0.00881. The van der Waals surface area contributed by atoms with Crippen LogP contribution in [-0.2, 0) is 45.3 Å². The lowest BCUT2D eigenvalue weighted by Crippen LogP contribution is -2.58. The number of hydrogen-bond acceptors (Lipinski definition) is 10. The van der Waals surface area contributed by atoms with Crippen LogP contribution < -0.4 is 26.8 Å². The molecule has 3 heterocycles. The van der Waals surface area contributed by atoms with Gasteiger partial charge in [0.2, 0.25) is 21.8 Å². The molecule has 1 aromatic rings. The Balaban J connectivity index is 1.38. The number of nitrogens with two attached hydrogens (primary N) is 2. The van der Waals surface area contributed by atoms with Gasteiger partial charge < -0.3 is 31.8 Å². The number of anilines is 1. The van der Waals surface area contributed by atoms with Crippen LogP contribution in [0.2, 0.25) is 0 Å². The molecule has 0 aliphatic carbocycles. The molecule has 2 saturated heterocycles. The first-order valence-corrected chi connectivity index (χ1v) is 18.8. The number of likely N-dealkylation sites (tertiary alicyclic amines) is 1. The first-order valence-electron chi connectivity index (χ1n) is 17.3. The molecule has 7 N–H and O–H groups in total. The fourth-order valence-electron chi connectivity index (χ4n) is 6.44. The molecule has 4 rings (SSSR count). The summed E-state index contributed by atoms with van der Waals surface area (Å²) in [5.41, 5.74) is 12.4. The number of hydrogen-bond donors (Lipinski definition) is 5. The number of carbonyl (C=O) groups excluding carboxylic acids is 5. The van der Waals surface area contributed by atoms with Crippen LogP contribution in [0.3, 0.4) is 0 Å². The molecule has 0 spiro atoms. The number of unbranched alkanes of at least 4 members (excludes halogenated alkanes) is 2. The van der Waals surface area contributed by atoms with Crippen LogP contribution in [0.15, 0.2) is 28.1 Å². The van der Waals surface area contributed by atoms with Crippen LogP contribution in [0.1, 0.15) is 83.6 Å². The molecule has 0 aromatic heterocycles. The highest BCUT2D eigenvalue weighted by molar-refractivity contribution is 7.89.